The van der Waals surface area contributed by atoms with E-state index >= 15 is 0 Å². The third-order valence-electron chi connectivity index (χ3n) is 4.29. The molecule has 31 heavy (non-hydrogen) atoms. The van der Waals surface area contributed by atoms with Crippen LogP contribution in [0.4, 0.5) is 11.4 Å². The van der Waals surface area contributed by atoms with E-state index in [1.807, 2.05) is 43.3 Å². The van der Waals surface area contributed by atoms with E-state index in [0.717, 1.165) is 10.5 Å². The Balaban J connectivity index is 1.51. The van der Waals surface area contributed by atoms with Crippen LogP contribution in [-0.4, -0.2) is 17.1 Å². The van der Waals surface area contributed by atoms with Gasteiger partial charge in [0.05, 0.1) is 21.7 Å². The summed E-state index contributed by atoms with van der Waals surface area (Å²) in [5, 5.41) is 6.81. The van der Waals surface area contributed by atoms with Crippen LogP contribution in [0, 0.1) is 0 Å². The van der Waals surface area contributed by atoms with Crippen molar-refractivity contribution in [3.8, 4) is 0 Å². The number of thioether (sulfide) groups is 1. The number of benzene rings is 3. The van der Waals surface area contributed by atoms with Crippen LogP contribution >= 0.6 is 46.6 Å². The van der Waals surface area contributed by atoms with Gasteiger partial charge in [-0.15, -0.1) is 11.8 Å². The SMILES string of the molecule is CC(Sc1ccc(NC(=O)Cc2ccc(Cl)cc2)cc1)C(=O)Nc1ccc(Cl)c(Cl)c1. The molecule has 0 saturated carbocycles. The Kier molecular flexibility index (Phi) is 8.27. The van der Waals surface area contributed by atoms with E-state index < -0.39 is 0 Å². The number of rotatable bonds is 7. The van der Waals surface area contributed by atoms with Gasteiger partial charge in [0, 0.05) is 21.3 Å². The van der Waals surface area contributed by atoms with Crippen LogP contribution < -0.4 is 10.6 Å². The third kappa shape index (κ3) is 7.18. The van der Waals surface area contributed by atoms with E-state index in [2.05, 4.69) is 10.6 Å². The Bertz CT molecular complexity index is 1070. The Morgan fingerprint density at radius 3 is 2.13 bits per heavy atom. The van der Waals surface area contributed by atoms with E-state index in [4.69, 9.17) is 34.8 Å². The first-order valence-corrected chi connectivity index (χ1v) is 11.4. The van der Waals surface area contributed by atoms with Crippen LogP contribution in [-0.2, 0) is 16.0 Å². The highest BCUT2D eigenvalue weighted by atomic mass is 35.5. The van der Waals surface area contributed by atoms with E-state index in [9.17, 15) is 9.59 Å². The fourth-order valence-corrected chi connectivity index (χ4v) is 3.98. The van der Waals surface area contributed by atoms with Crippen molar-refractivity contribution >= 4 is 69.8 Å². The lowest BCUT2D eigenvalue weighted by Gasteiger charge is -2.13. The summed E-state index contributed by atoms with van der Waals surface area (Å²) in [5.41, 5.74) is 2.16. The van der Waals surface area contributed by atoms with Crippen molar-refractivity contribution in [1.29, 1.82) is 0 Å². The van der Waals surface area contributed by atoms with Crippen molar-refractivity contribution < 1.29 is 9.59 Å². The highest BCUT2D eigenvalue weighted by molar-refractivity contribution is 8.00. The second kappa shape index (κ2) is 10.9. The molecule has 0 fully saturated rings. The lowest BCUT2D eigenvalue weighted by molar-refractivity contribution is -0.116. The number of hydrogen-bond acceptors (Lipinski definition) is 3. The van der Waals surface area contributed by atoms with Crippen LogP contribution in [0.2, 0.25) is 15.1 Å². The minimum Gasteiger partial charge on any atom is -0.326 e. The molecule has 2 N–H and O–H groups in total. The summed E-state index contributed by atoms with van der Waals surface area (Å²) in [6.07, 6.45) is 0.263. The first-order valence-electron chi connectivity index (χ1n) is 9.37. The minimum absolute atomic E-state index is 0.114. The second-order valence-electron chi connectivity index (χ2n) is 6.75. The molecule has 0 radical (unpaired) electrons. The first-order chi connectivity index (χ1) is 14.8. The molecule has 2 amide bonds. The average molecular weight is 494 g/mol. The topological polar surface area (TPSA) is 58.2 Å². The quantitative estimate of drug-likeness (QED) is 0.350. The van der Waals surface area contributed by atoms with Gasteiger partial charge in [0.15, 0.2) is 0 Å². The van der Waals surface area contributed by atoms with Gasteiger partial charge in [0.2, 0.25) is 11.8 Å². The molecule has 1 atom stereocenters. The molecule has 0 aromatic heterocycles. The number of amides is 2. The summed E-state index contributed by atoms with van der Waals surface area (Å²) in [4.78, 5) is 25.6. The zero-order chi connectivity index (χ0) is 22.4. The molecule has 3 aromatic rings. The summed E-state index contributed by atoms with van der Waals surface area (Å²) in [6, 6.07) is 19.5. The molecule has 3 rings (SSSR count). The molecule has 1 unspecified atom stereocenters. The normalized spacial score (nSPS) is 11.6. The van der Waals surface area contributed by atoms with Gasteiger partial charge < -0.3 is 10.6 Å². The van der Waals surface area contributed by atoms with E-state index in [-0.39, 0.29) is 23.5 Å². The maximum atomic E-state index is 12.4. The van der Waals surface area contributed by atoms with Crippen molar-refractivity contribution in [2.24, 2.45) is 0 Å². The summed E-state index contributed by atoms with van der Waals surface area (Å²) >= 11 is 19.2. The molecule has 0 saturated heterocycles. The Morgan fingerprint density at radius 2 is 1.48 bits per heavy atom. The highest BCUT2D eigenvalue weighted by Gasteiger charge is 2.15. The maximum Gasteiger partial charge on any atom is 0.237 e. The predicted octanol–water partition coefficient (Wildman–Crippen LogP) is 6.95. The predicted molar refractivity (Wildman–Crippen MR) is 131 cm³/mol. The fourth-order valence-electron chi connectivity index (χ4n) is 2.69. The fraction of sp³-hybridized carbons (Fsp3) is 0.130. The van der Waals surface area contributed by atoms with Gasteiger partial charge in [-0.3, -0.25) is 9.59 Å². The molecule has 0 aliphatic heterocycles. The van der Waals surface area contributed by atoms with E-state index in [1.165, 1.54) is 11.8 Å². The molecule has 0 spiro atoms. The largest absolute Gasteiger partial charge is 0.326 e. The number of carbonyl (C=O) groups is 2. The van der Waals surface area contributed by atoms with Crippen LogP contribution in [0.5, 0.6) is 0 Å². The summed E-state index contributed by atoms with van der Waals surface area (Å²) in [7, 11) is 0. The molecule has 0 aliphatic carbocycles. The van der Waals surface area contributed by atoms with Crippen molar-refractivity contribution in [1.82, 2.24) is 0 Å². The van der Waals surface area contributed by atoms with Crippen molar-refractivity contribution in [3.63, 3.8) is 0 Å². The molecule has 0 heterocycles. The van der Waals surface area contributed by atoms with Crippen molar-refractivity contribution in [2.45, 2.75) is 23.5 Å². The molecule has 4 nitrogen and oxygen atoms in total. The second-order valence-corrected chi connectivity index (χ2v) is 9.42. The van der Waals surface area contributed by atoms with Crippen LogP contribution in [0.25, 0.3) is 0 Å². The zero-order valence-electron chi connectivity index (χ0n) is 16.5. The van der Waals surface area contributed by atoms with Gasteiger partial charge in [0.25, 0.3) is 0 Å². The standard InChI is InChI=1S/C23H19Cl3N2O2S/c1-14(23(30)28-18-8-11-20(25)21(26)13-18)31-19-9-6-17(7-10-19)27-22(29)12-15-2-4-16(24)5-3-15/h2-11,13-14H,12H2,1H3,(H,27,29)(H,28,30). The number of halogens is 3. The molecule has 160 valence electrons. The lowest BCUT2D eigenvalue weighted by Crippen LogP contribution is -2.22. The number of nitrogens with one attached hydrogen (secondary N) is 2. The minimum atomic E-state index is -0.334. The number of hydrogen-bond donors (Lipinski definition) is 2. The van der Waals surface area contributed by atoms with E-state index in [1.54, 1.807) is 30.3 Å². The molecule has 0 bridgehead atoms. The molecule has 0 aliphatic rings. The third-order valence-corrected chi connectivity index (χ3v) is 6.39. The zero-order valence-corrected chi connectivity index (χ0v) is 19.6. The van der Waals surface area contributed by atoms with Gasteiger partial charge in [0.1, 0.15) is 0 Å². The average Bonchev–Trinajstić information content (AvgIpc) is 2.74. The Morgan fingerprint density at radius 1 is 0.839 bits per heavy atom. The molecule has 3 aromatic carbocycles. The molecule has 8 heteroatoms. The van der Waals surface area contributed by atoms with Gasteiger partial charge in [-0.2, -0.15) is 0 Å². The Hall–Kier alpha value is -2.18. The monoisotopic (exact) mass is 492 g/mol. The summed E-state index contributed by atoms with van der Waals surface area (Å²) in [5.74, 6) is -0.263. The lowest BCUT2D eigenvalue weighted by atomic mass is 10.1. The van der Waals surface area contributed by atoms with Crippen molar-refractivity contribution in [2.75, 3.05) is 10.6 Å². The van der Waals surface area contributed by atoms with Gasteiger partial charge in [-0.05, 0) is 67.1 Å². The summed E-state index contributed by atoms with van der Waals surface area (Å²) < 4.78 is 0. The van der Waals surface area contributed by atoms with Crippen molar-refractivity contribution in [3.05, 3.63) is 87.4 Å². The maximum absolute atomic E-state index is 12.4. The summed E-state index contributed by atoms with van der Waals surface area (Å²) in [6.45, 7) is 1.82. The highest BCUT2D eigenvalue weighted by Crippen LogP contribution is 2.28. The van der Waals surface area contributed by atoms with Crippen LogP contribution in [0.1, 0.15) is 12.5 Å². The number of anilines is 2. The Labute approximate surface area is 200 Å². The molecular weight excluding hydrogens is 475 g/mol. The van der Waals surface area contributed by atoms with Gasteiger partial charge in [-0.1, -0.05) is 46.9 Å². The van der Waals surface area contributed by atoms with E-state index in [0.29, 0.717) is 26.4 Å². The van der Waals surface area contributed by atoms with Crippen LogP contribution in [0.3, 0.4) is 0 Å². The smallest absolute Gasteiger partial charge is 0.237 e. The van der Waals surface area contributed by atoms with Crippen LogP contribution in [0.15, 0.2) is 71.6 Å². The number of carbonyl (C=O) groups excluding carboxylic acids is 2. The first kappa shape index (κ1) is 23.5. The van der Waals surface area contributed by atoms with Gasteiger partial charge in [-0.25, -0.2) is 0 Å². The van der Waals surface area contributed by atoms with Gasteiger partial charge >= 0.3 is 0 Å². The molecular formula is C23H19Cl3N2O2S.